The summed E-state index contributed by atoms with van der Waals surface area (Å²) < 4.78 is 11.8. The van der Waals surface area contributed by atoms with Crippen molar-refractivity contribution in [1.29, 1.82) is 0 Å². The van der Waals surface area contributed by atoms with E-state index < -0.39 is 0 Å². The third-order valence-corrected chi connectivity index (χ3v) is 4.63. The molecule has 120 valence electrons. The molecule has 1 saturated heterocycles. The van der Waals surface area contributed by atoms with Crippen LogP contribution in [0.1, 0.15) is 27.2 Å². The third kappa shape index (κ3) is 2.13. The lowest BCUT2D eigenvalue weighted by atomic mass is 9.88. The molecule has 0 amide bonds. The van der Waals surface area contributed by atoms with Crippen LogP contribution >= 0.6 is 0 Å². The fourth-order valence-corrected chi connectivity index (χ4v) is 3.50. The summed E-state index contributed by atoms with van der Waals surface area (Å²) in [6, 6.07) is 0.294. The van der Waals surface area contributed by atoms with Crippen LogP contribution in [0.2, 0.25) is 0 Å². The van der Waals surface area contributed by atoms with Crippen molar-refractivity contribution in [1.82, 2.24) is 15.9 Å². The van der Waals surface area contributed by atoms with Gasteiger partial charge in [0, 0.05) is 18.5 Å². The highest BCUT2D eigenvalue weighted by Crippen LogP contribution is 2.40. The quantitative estimate of drug-likeness (QED) is 0.761. The van der Waals surface area contributed by atoms with Crippen LogP contribution in [0.5, 0.6) is 0 Å². The highest BCUT2D eigenvalue weighted by atomic mass is 16.5. The summed E-state index contributed by atoms with van der Waals surface area (Å²) in [5.41, 5.74) is 6.58. The minimum Gasteiger partial charge on any atom is -0.488 e. The van der Waals surface area contributed by atoms with Crippen molar-refractivity contribution >= 4 is 5.71 Å². The number of nitrogens with one attached hydrogen (secondary N) is 2. The van der Waals surface area contributed by atoms with Gasteiger partial charge in [-0.15, -0.1) is 0 Å². The smallest absolute Gasteiger partial charge is 0.134 e. The van der Waals surface area contributed by atoms with Crippen LogP contribution in [0.25, 0.3) is 0 Å². The predicted octanol–water partition coefficient (Wildman–Crippen LogP) is 1.14. The Morgan fingerprint density at radius 3 is 2.91 bits per heavy atom. The summed E-state index contributed by atoms with van der Waals surface area (Å²) in [5.74, 6) is 1.04. The van der Waals surface area contributed by atoms with Gasteiger partial charge in [-0.2, -0.15) is 5.10 Å². The maximum absolute atomic E-state index is 6.41. The van der Waals surface area contributed by atoms with Crippen LogP contribution in [0.3, 0.4) is 0 Å². The molecule has 22 heavy (non-hydrogen) atoms. The Morgan fingerprint density at radius 1 is 1.32 bits per heavy atom. The van der Waals surface area contributed by atoms with E-state index in [1.807, 2.05) is 0 Å². The third-order valence-electron chi connectivity index (χ3n) is 4.63. The van der Waals surface area contributed by atoms with Gasteiger partial charge in [0.05, 0.1) is 13.2 Å². The Kier molecular flexibility index (Phi) is 3.20. The SMILES string of the molecule is CC(C)(C)C1=C2C(C3=CCOCC3)=NNN2[C@@H]2CNC[C@H]2O1. The molecule has 4 heterocycles. The second-order valence-electron chi connectivity index (χ2n) is 7.29. The second kappa shape index (κ2) is 4.99. The summed E-state index contributed by atoms with van der Waals surface area (Å²) in [5, 5.41) is 10.3. The molecule has 0 radical (unpaired) electrons. The molecule has 2 N–H and O–H groups in total. The van der Waals surface area contributed by atoms with E-state index in [9.17, 15) is 0 Å². The summed E-state index contributed by atoms with van der Waals surface area (Å²) in [4.78, 5) is 0. The monoisotopic (exact) mass is 304 g/mol. The highest BCUT2D eigenvalue weighted by molar-refractivity contribution is 6.13. The molecule has 0 spiro atoms. The Labute approximate surface area is 131 Å². The largest absolute Gasteiger partial charge is 0.488 e. The van der Waals surface area contributed by atoms with E-state index in [1.54, 1.807) is 0 Å². The Bertz CT molecular complexity index is 573. The van der Waals surface area contributed by atoms with Crippen LogP contribution in [0, 0.1) is 5.41 Å². The van der Waals surface area contributed by atoms with Crippen molar-refractivity contribution < 1.29 is 9.47 Å². The van der Waals surface area contributed by atoms with Crippen molar-refractivity contribution in [3.63, 3.8) is 0 Å². The molecule has 0 unspecified atom stereocenters. The standard InChI is InChI=1S/C16H24N4O2/c1-16(2,3)15-14-13(10-4-6-21-7-5-10)18-19-20(14)11-8-17-9-12(11)22-15/h4,11-12,17,19H,5-9H2,1-3H3/t11-,12-/m1/s1. The first-order chi connectivity index (χ1) is 10.6. The minimum atomic E-state index is -0.0559. The zero-order valence-electron chi connectivity index (χ0n) is 13.5. The van der Waals surface area contributed by atoms with E-state index >= 15 is 0 Å². The molecule has 4 aliphatic heterocycles. The number of fused-ring (bicyclic) bond motifs is 3. The van der Waals surface area contributed by atoms with Crippen molar-refractivity contribution in [2.24, 2.45) is 10.5 Å². The molecule has 0 aromatic heterocycles. The van der Waals surface area contributed by atoms with Gasteiger partial charge in [-0.05, 0) is 12.0 Å². The average molecular weight is 304 g/mol. The van der Waals surface area contributed by atoms with E-state index in [0.29, 0.717) is 12.6 Å². The number of allylic oxidation sites excluding steroid dienone is 2. The topological polar surface area (TPSA) is 58.1 Å². The van der Waals surface area contributed by atoms with Crippen LogP contribution < -0.4 is 10.9 Å². The molecule has 0 aromatic rings. The Balaban J connectivity index is 1.78. The lowest BCUT2D eigenvalue weighted by Crippen LogP contribution is -2.52. The Hall–Kier alpha value is -1.53. The van der Waals surface area contributed by atoms with E-state index in [0.717, 1.165) is 43.3 Å². The van der Waals surface area contributed by atoms with E-state index in [4.69, 9.17) is 9.47 Å². The number of hydrogen-bond acceptors (Lipinski definition) is 6. The predicted molar refractivity (Wildman–Crippen MR) is 83.9 cm³/mol. The summed E-state index contributed by atoms with van der Waals surface area (Å²) in [6.45, 7) is 9.84. The zero-order chi connectivity index (χ0) is 15.3. The van der Waals surface area contributed by atoms with E-state index in [1.165, 1.54) is 5.57 Å². The lowest BCUT2D eigenvalue weighted by molar-refractivity contribution is -0.00553. The van der Waals surface area contributed by atoms with Gasteiger partial charge < -0.3 is 14.8 Å². The second-order valence-corrected chi connectivity index (χ2v) is 7.29. The minimum absolute atomic E-state index is 0.0559. The van der Waals surface area contributed by atoms with E-state index in [-0.39, 0.29) is 11.5 Å². The molecule has 0 saturated carbocycles. The maximum Gasteiger partial charge on any atom is 0.134 e. The molecule has 2 atom stereocenters. The molecule has 6 nitrogen and oxygen atoms in total. The van der Waals surface area contributed by atoms with Gasteiger partial charge in [0.15, 0.2) is 0 Å². The molecule has 0 aliphatic carbocycles. The van der Waals surface area contributed by atoms with Gasteiger partial charge >= 0.3 is 0 Å². The number of nitrogens with zero attached hydrogens (tertiary/aromatic N) is 2. The zero-order valence-corrected chi connectivity index (χ0v) is 13.5. The molecule has 0 aromatic carbocycles. The fourth-order valence-electron chi connectivity index (χ4n) is 3.50. The summed E-state index contributed by atoms with van der Waals surface area (Å²) in [7, 11) is 0. The van der Waals surface area contributed by atoms with Crippen molar-refractivity contribution in [3.8, 4) is 0 Å². The highest BCUT2D eigenvalue weighted by Gasteiger charge is 2.47. The van der Waals surface area contributed by atoms with Gasteiger partial charge in [0.1, 0.15) is 29.3 Å². The van der Waals surface area contributed by atoms with Gasteiger partial charge in [-0.3, -0.25) is 5.01 Å². The van der Waals surface area contributed by atoms with E-state index in [2.05, 4.69) is 47.8 Å². The fraction of sp³-hybridized carbons (Fsp3) is 0.688. The van der Waals surface area contributed by atoms with Gasteiger partial charge in [0.25, 0.3) is 0 Å². The van der Waals surface area contributed by atoms with Crippen LogP contribution in [0.15, 0.2) is 28.2 Å². The molecule has 1 fully saturated rings. The molecule has 4 rings (SSSR count). The lowest BCUT2D eigenvalue weighted by Gasteiger charge is -2.41. The number of hydrogen-bond donors (Lipinski definition) is 2. The summed E-state index contributed by atoms with van der Waals surface area (Å²) in [6.07, 6.45) is 3.23. The first-order valence-electron chi connectivity index (χ1n) is 8.08. The van der Waals surface area contributed by atoms with Crippen LogP contribution in [0.4, 0.5) is 0 Å². The molecule has 0 bridgehead atoms. The van der Waals surface area contributed by atoms with Gasteiger partial charge in [-0.25, -0.2) is 5.53 Å². The Morgan fingerprint density at radius 2 is 2.18 bits per heavy atom. The molecular weight excluding hydrogens is 280 g/mol. The molecule has 4 aliphatic rings. The van der Waals surface area contributed by atoms with Gasteiger partial charge in [0.2, 0.25) is 0 Å². The van der Waals surface area contributed by atoms with Gasteiger partial charge in [-0.1, -0.05) is 26.8 Å². The average Bonchev–Trinajstić information content (AvgIpc) is 3.12. The number of hydrazone groups is 1. The molecule has 6 heteroatoms. The van der Waals surface area contributed by atoms with Crippen molar-refractivity contribution in [3.05, 3.63) is 23.1 Å². The number of rotatable bonds is 1. The van der Waals surface area contributed by atoms with Crippen LogP contribution in [-0.4, -0.2) is 49.2 Å². The van der Waals surface area contributed by atoms with Crippen molar-refractivity contribution in [2.45, 2.75) is 39.3 Å². The number of ether oxygens (including phenoxy) is 2. The summed E-state index contributed by atoms with van der Waals surface area (Å²) >= 11 is 0. The first kappa shape index (κ1) is 14.1. The molecular formula is C16H24N4O2. The normalized spacial score (nSPS) is 31.1. The van der Waals surface area contributed by atoms with Crippen LogP contribution in [-0.2, 0) is 9.47 Å². The van der Waals surface area contributed by atoms with Crippen molar-refractivity contribution in [2.75, 3.05) is 26.3 Å². The number of hydrazine groups is 1. The first-order valence-corrected chi connectivity index (χ1v) is 8.08. The maximum atomic E-state index is 6.41.